The van der Waals surface area contributed by atoms with Crippen LogP contribution in [0.25, 0.3) is 0 Å². The van der Waals surface area contributed by atoms with Gasteiger partial charge >= 0.3 is 5.97 Å². The highest BCUT2D eigenvalue weighted by molar-refractivity contribution is 6.30. The number of carboxylic acids is 1. The molecular weight excluding hydrogens is 302 g/mol. The van der Waals surface area contributed by atoms with Gasteiger partial charge < -0.3 is 10.0 Å². The van der Waals surface area contributed by atoms with E-state index in [0.717, 1.165) is 11.1 Å². The standard InChI is InChI=1S/C17H14ClNO3/c18-13-6-3-5-11(8-13)15(9-16(20)21)19-10-12-4-1-2-7-14(12)17(19)22/h1-8,15H,9-10H2,(H,20,21)/t15-/m1/s1. The first-order valence-corrected chi connectivity index (χ1v) is 7.30. The summed E-state index contributed by atoms with van der Waals surface area (Å²) in [5.41, 5.74) is 2.29. The number of fused-ring (bicyclic) bond motifs is 1. The Morgan fingerprint density at radius 2 is 2.00 bits per heavy atom. The summed E-state index contributed by atoms with van der Waals surface area (Å²) < 4.78 is 0. The van der Waals surface area contributed by atoms with E-state index in [1.165, 1.54) is 0 Å². The number of aliphatic carboxylic acids is 1. The molecule has 0 fully saturated rings. The van der Waals surface area contributed by atoms with E-state index in [4.69, 9.17) is 11.6 Å². The van der Waals surface area contributed by atoms with Crippen LogP contribution in [0.3, 0.4) is 0 Å². The number of carbonyl (C=O) groups is 2. The Labute approximate surface area is 132 Å². The zero-order valence-corrected chi connectivity index (χ0v) is 12.5. The van der Waals surface area contributed by atoms with E-state index < -0.39 is 12.0 Å². The van der Waals surface area contributed by atoms with Crippen LogP contribution in [-0.4, -0.2) is 21.9 Å². The lowest BCUT2D eigenvalue weighted by Gasteiger charge is -2.27. The number of hydrogen-bond acceptors (Lipinski definition) is 2. The highest BCUT2D eigenvalue weighted by Crippen LogP contribution is 2.34. The third-order valence-corrected chi connectivity index (χ3v) is 4.06. The Morgan fingerprint density at radius 1 is 1.23 bits per heavy atom. The molecule has 0 saturated carbocycles. The quantitative estimate of drug-likeness (QED) is 0.939. The zero-order valence-electron chi connectivity index (χ0n) is 11.7. The van der Waals surface area contributed by atoms with E-state index in [0.29, 0.717) is 17.1 Å². The minimum atomic E-state index is -0.950. The summed E-state index contributed by atoms with van der Waals surface area (Å²) in [6.45, 7) is 0.416. The van der Waals surface area contributed by atoms with Crippen molar-refractivity contribution in [2.24, 2.45) is 0 Å². The fraction of sp³-hybridized carbons (Fsp3) is 0.176. The summed E-state index contributed by atoms with van der Waals surface area (Å²) in [5, 5.41) is 9.73. The van der Waals surface area contributed by atoms with E-state index >= 15 is 0 Å². The van der Waals surface area contributed by atoms with Crippen LogP contribution in [0.15, 0.2) is 48.5 Å². The van der Waals surface area contributed by atoms with Crippen LogP contribution in [0.2, 0.25) is 5.02 Å². The minimum absolute atomic E-state index is 0.137. The van der Waals surface area contributed by atoms with Gasteiger partial charge in [-0.25, -0.2) is 0 Å². The average Bonchev–Trinajstić information content (AvgIpc) is 2.82. The Kier molecular flexibility index (Phi) is 3.86. The molecule has 1 heterocycles. The van der Waals surface area contributed by atoms with Gasteiger partial charge in [0, 0.05) is 17.1 Å². The van der Waals surface area contributed by atoms with E-state index in [2.05, 4.69) is 0 Å². The number of benzene rings is 2. The largest absolute Gasteiger partial charge is 0.481 e. The maximum Gasteiger partial charge on any atom is 0.305 e. The van der Waals surface area contributed by atoms with Crippen LogP contribution >= 0.6 is 11.6 Å². The number of nitrogens with zero attached hydrogens (tertiary/aromatic N) is 1. The molecule has 5 heteroatoms. The molecule has 1 N–H and O–H groups in total. The topological polar surface area (TPSA) is 57.6 Å². The van der Waals surface area contributed by atoms with Crippen molar-refractivity contribution < 1.29 is 14.7 Å². The first-order chi connectivity index (χ1) is 10.6. The SMILES string of the molecule is O=C(O)C[C@H](c1cccc(Cl)c1)N1Cc2ccccc2C1=O. The van der Waals surface area contributed by atoms with Crippen molar-refractivity contribution in [3.05, 3.63) is 70.2 Å². The summed E-state index contributed by atoms with van der Waals surface area (Å²) in [4.78, 5) is 25.4. The van der Waals surface area contributed by atoms with Gasteiger partial charge in [0.2, 0.25) is 0 Å². The lowest BCUT2D eigenvalue weighted by molar-refractivity contribution is -0.138. The van der Waals surface area contributed by atoms with Crippen LogP contribution in [0.5, 0.6) is 0 Å². The van der Waals surface area contributed by atoms with E-state index in [9.17, 15) is 14.7 Å². The van der Waals surface area contributed by atoms with Crippen molar-refractivity contribution in [3.8, 4) is 0 Å². The number of carbonyl (C=O) groups excluding carboxylic acids is 1. The molecule has 2 aromatic carbocycles. The number of carboxylic acid groups (broad SMARTS) is 1. The van der Waals surface area contributed by atoms with Gasteiger partial charge in [-0.1, -0.05) is 41.9 Å². The van der Waals surface area contributed by atoms with Crippen molar-refractivity contribution in [1.82, 2.24) is 4.90 Å². The fourth-order valence-corrected chi connectivity index (χ4v) is 3.01. The number of amides is 1. The smallest absolute Gasteiger partial charge is 0.305 e. The first kappa shape index (κ1) is 14.6. The van der Waals surface area contributed by atoms with E-state index in [1.54, 1.807) is 35.2 Å². The van der Waals surface area contributed by atoms with Gasteiger partial charge in [0.05, 0.1) is 12.5 Å². The summed E-state index contributed by atoms with van der Waals surface area (Å²) >= 11 is 6.01. The van der Waals surface area contributed by atoms with Crippen LogP contribution in [-0.2, 0) is 11.3 Å². The lowest BCUT2D eigenvalue weighted by Crippen LogP contribution is -2.30. The molecule has 3 rings (SSSR count). The number of hydrogen-bond donors (Lipinski definition) is 1. The normalized spacial score (nSPS) is 14.8. The molecule has 22 heavy (non-hydrogen) atoms. The summed E-state index contributed by atoms with van der Waals surface area (Å²) in [5.74, 6) is -1.09. The maximum absolute atomic E-state index is 12.6. The van der Waals surface area contributed by atoms with Crippen molar-refractivity contribution in [3.63, 3.8) is 0 Å². The van der Waals surface area contributed by atoms with Gasteiger partial charge in [-0.15, -0.1) is 0 Å². The van der Waals surface area contributed by atoms with Crippen LogP contribution in [0, 0.1) is 0 Å². The van der Waals surface area contributed by atoms with Gasteiger partial charge in [0.1, 0.15) is 0 Å². The Hall–Kier alpha value is -2.33. The highest BCUT2D eigenvalue weighted by Gasteiger charge is 2.34. The molecule has 0 aliphatic carbocycles. The second kappa shape index (κ2) is 5.81. The Balaban J connectivity index is 1.98. The molecule has 4 nitrogen and oxygen atoms in total. The number of rotatable bonds is 4. The molecule has 1 aliphatic rings. The Morgan fingerprint density at radius 3 is 2.68 bits per heavy atom. The summed E-state index contributed by atoms with van der Waals surface area (Å²) in [6, 6.07) is 13.8. The van der Waals surface area contributed by atoms with Gasteiger partial charge in [0.25, 0.3) is 5.91 Å². The molecule has 0 radical (unpaired) electrons. The van der Waals surface area contributed by atoms with Gasteiger partial charge in [0.15, 0.2) is 0 Å². The van der Waals surface area contributed by atoms with Gasteiger partial charge in [-0.05, 0) is 29.3 Å². The van der Waals surface area contributed by atoms with Crippen LogP contribution in [0.1, 0.15) is 33.9 Å². The summed E-state index contributed by atoms with van der Waals surface area (Å²) in [6.07, 6.45) is -0.153. The van der Waals surface area contributed by atoms with Gasteiger partial charge in [-0.3, -0.25) is 9.59 Å². The third-order valence-electron chi connectivity index (χ3n) is 3.83. The molecule has 0 aromatic heterocycles. The molecule has 1 amide bonds. The molecular formula is C17H14ClNO3. The predicted octanol–water partition coefficient (Wildman–Crippen LogP) is 3.51. The van der Waals surface area contributed by atoms with Gasteiger partial charge in [-0.2, -0.15) is 0 Å². The molecule has 2 aromatic rings. The number of halogens is 1. The van der Waals surface area contributed by atoms with Crippen LogP contribution < -0.4 is 0 Å². The zero-order chi connectivity index (χ0) is 15.7. The van der Waals surface area contributed by atoms with E-state index in [-0.39, 0.29) is 12.3 Å². The molecule has 0 unspecified atom stereocenters. The second-order valence-corrected chi connectivity index (χ2v) is 5.70. The Bertz CT molecular complexity index is 744. The summed E-state index contributed by atoms with van der Waals surface area (Å²) in [7, 11) is 0. The molecule has 0 spiro atoms. The lowest BCUT2D eigenvalue weighted by atomic mass is 10.0. The average molecular weight is 316 g/mol. The van der Waals surface area contributed by atoms with Crippen molar-refractivity contribution >= 4 is 23.5 Å². The van der Waals surface area contributed by atoms with Crippen molar-refractivity contribution in [1.29, 1.82) is 0 Å². The second-order valence-electron chi connectivity index (χ2n) is 5.26. The monoisotopic (exact) mass is 315 g/mol. The minimum Gasteiger partial charge on any atom is -0.481 e. The molecule has 0 saturated heterocycles. The predicted molar refractivity (Wildman–Crippen MR) is 82.8 cm³/mol. The third kappa shape index (κ3) is 2.70. The van der Waals surface area contributed by atoms with Crippen LogP contribution in [0.4, 0.5) is 0 Å². The molecule has 0 bridgehead atoms. The molecule has 1 atom stereocenters. The van der Waals surface area contributed by atoms with Crippen molar-refractivity contribution in [2.45, 2.75) is 19.0 Å². The molecule has 1 aliphatic heterocycles. The maximum atomic E-state index is 12.6. The van der Waals surface area contributed by atoms with Crippen molar-refractivity contribution in [2.75, 3.05) is 0 Å². The van der Waals surface area contributed by atoms with E-state index in [1.807, 2.05) is 18.2 Å². The fourth-order valence-electron chi connectivity index (χ4n) is 2.82. The molecule has 112 valence electrons. The highest BCUT2D eigenvalue weighted by atomic mass is 35.5. The first-order valence-electron chi connectivity index (χ1n) is 6.92.